The van der Waals surface area contributed by atoms with Crippen molar-refractivity contribution in [2.75, 3.05) is 0 Å². The SMILES string of the molecule is CCC(C)(NC(=O)C(C)c1ccc(Cl)c(Cl)c1)C(=O)O. The van der Waals surface area contributed by atoms with Crippen molar-refractivity contribution in [3.8, 4) is 0 Å². The Morgan fingerprint density at radius 2 is 1.95 bits per heavy atom. The van der Waals surface area contributed by atoms with Crippen molar-refractivity contribution in [3.05, 3.63) is 33.8 Å². The number of nitrogens with one attached hydrogen (secondary N) is 1. The smallest absolute Gasteiger partial charge is 0.329 e. The van der Waals surface area contributed by atoms with Gasteiger partial charge in [-0.15, -0.1) is 0 Å². The fraction of sp³-hybridized carbons (Fsp3) is 0.429. The number of carboxylic acid groups (broad SMARTS) is 1. The van der Waals surface area contributed by atoms with Crippen LogP contribution in [0.4, 0.5) is 0 Å². The van der Waals surface area contributed by atoms with E-state index in [0.717, 1.165) is 0 Å². The van der Waals surface area contributed by atoms with E-state index in [1.807, 2.05) is 0 Å². The highest BCUT2D eigenvalue weighted by molar-refractivity contribution is 6.42. The molecule has 0 fully saturated rings. The van der Waals surface area contributed by atoms with E-state index in [1.165, 1.54) is 6.92 Å². The minimum atomic E-state index is -1.28. The fourth-order valence-electron chi connectivity index (χ4n) is 1.61. The van der Waals surface area contributed by atoms with Crippen LogP contribution >= 0.6 is 23.2 Å². The zero-order valence-corrected chi connectivity index (χ0v) is 13.0. The van der Waals surface area contributed by atoms with Crippen LogP contribution in [-0.4, -0.2) is 22.5 Å². The third-order valence-corrected chi connectivity index (χ3v) is 4.15. The van der Waals surface area contributed by atoms with Crippen molar-refractivity contribution >= 4 is 35.1 Å². The first kappa shape index (κ1) is 16.8. The normalized spacial score (nSPS) is 15.2. The number of rotatable bonds is 5. The van der Waals surface area contributed by atoms with Gasteiger partial charge in [0.05, 0.1) is 16.0 Å². The molecule has 110 valence electrons. The van der Waals surface area contributed by atoms with Crippen molar-refractivity contribution in [2.24, 2.45) is 0 Å². The first-order chi connectivity index (χ1) is 9.21. The van der Waals surface area contributed by atoms with Gasteiger partial charge in [0.25, 0.3) is 0 Å². The summed E-state index contributed by atoms with van der Waals surface area (Å²) < 4.78 is 0. The molecule has 0 spiro atoms. The Bertz CT molecular complexity index is 533. The molecule has 1 aromatic rings. The second kappa shape index (κ2) is 6.46. The first-order valence-electron chi connectivity index (χ1n) is 6.21. The van der Waals surface area contributed by atoms with Crippen LogP contribution in [-0.2, 0) is 9.59 Å². The molecule has 0 aliphatic heterocycles. The maximum absolute atomic E-state index is 12.2. The zero-order chi connectivity index (χ0) is 15.5. The summed E-state index contributed by atoms with van der Waals surface area (Å²) in [6, 6.07) is 4.92. The van der Waals surface area contributed by atoms with Gasteiger partial charge in [-0.2, -0.15) is 0 Å². The molecule has 6 heteroatoms. The van der Waals surface area contributed by atoms with Gasteiger partial charge in [0, 0.05) is 0 Å². The molecule has 1 aromatic carbocycles. The lowest BCUT2D eigenvalue weighted by molar-refractivity contribution is -0.147. The second-order valence-electron chi connectivity index (χ2n) is 4.88. The van der Waals surface area contributed by atoms with Crippen LogP contribution in [0.5, 0.6) is 0 Å². The molecule has 0 heterocycles. The van der Waals surface area contributed by atoms with Crippen LogP contribution in [0.15, 0.2) is 18.2 Å². The number of benzene rings is 1. The highest BCUT2D eigenvalue weighted by atomic mass is 35.5. The molecule has 0 aromatic heterocycles. The predicted octanol–water partition coefficient (Wildman–Crippen LogP) is 3.47. The Morgan fingerprint density at radius 1 is 1.35 bits per heavy atom. The molecular weight excluding hydrogens is 301 g/mol. The number of carbonyl (C=O) groups is 2. The van der Waals surface area contributed by atoms with Gasteiger partial charge in [-0.05, 0) is 38.0 Å². The van der Waals surface area contributed by atoms with E-state index in [9.17, 15) is 9.59 Å². The van der Waals surface area contributed by atoms with Crippen LogP contribution < -0.4 is 5.32 Å². The van der Waals surface area contributed by atoms with Gasteiger partial charge in [-0.3, -0.25) is 4.79 Å². The molecule has 0 saturated carbocycles. The average Bonchev–Trinajstić information content (AvgIpc) is 2.40. The maximum Gasteiger partial charge on any atom is 0.329 e. The molecule has 4 nitrogen and oxygen atoms in total. The van der Waals surface area contributed by atoms with E-state index in [4.69, 9.17) is 28.3 Å². The lowest BCUT2D eigenvalue weighted by Crippen LogP contribution is -2.52. The molecule has 2 N–H and O–H groups in total. The van der Waals surface area contributed by atoms with E-state index >= 15 is 0 Å². The zero-order valence-electron chi connectivity index (χ0n) is 11.5. The number of aliphatic carboxylic acids is 1. The molecular formula is C14H17Cl2NO3. The summed E-state index contributed by atoms with van der Waals surface area (Å²) in [5.41, 5.74) is -0.595. The highest BCUT2D eigenvalue weighted by Crippen LogP contribution is 2.27. The predicted molar refractivity (Wildman–Crippen MR) is 79.4 cm³/mol. The lowest BCUT2D eigenvalue weighted by atomic mass is 9.95. The number of hydrogen-bond acceptors (Lipinski definition) is 2. The summed E-state index contributed by atoms with van der Waals surface area (Å²) in [6.07, 6.45) is 0.294. The van der Waals surface area contributed by atoms with Crippen molar-refractivity contribution in [2.45, 2.75) is 38.6 Å². The topological polar surface area (TPSA) is 66.4 Å². The Balaban J connectivity index is 2.91. The summed E-state index contributed by atoms with van der Waals surface area (Å²) in [6.45, 7) is 4.87. The van der Waals surface area contributed by atoms with E-state index in [0.29, 0.717) is 22.0 Å². The fourth-order valence-corrected chi connectivity index (χ4v) is 1.91. The Hall–Kier alpha value is -1.26. The van der Waals surface area contributed by atoms with Crippen molar-refractivity contribution in [1.82, 2.24) is 5.32 Å². The Labute approximate surface area is 128 Å². The van der Waals surface area contributed by atoms with Gasteiger partial charge in [0.1, 0.15) is 5.54 Å². The molecule has 0 bridgehead atoms. The molecule has 0 aliphatic rings. The minimum absolute atomic E-state index is 0.294. The molecule has 20 heavy (non-hydrogen) atoms. The monoisotopic (exact) mass is 317 g/mol. The van der Waals surface area contributed by atoms with Crippen molar-refractivity contribution in [1.29, 1.82) is 0 Å². The summed E-state index contributed by atoms with van der Waals surface area (Å²) in [5, 5.41) is 12.5. The van der Waals surface area contributed by atoms with Gasteiger partial charge in [0.15, 0.2) is 0 Å². The third kappa shape index (κ3) is 3.64. The number of carboxylic acids is 1. The number of hydrogen-bond donors (Lipinski definition) is 2. The van der Waals surface area contributed by atoms with Crippen LogP contribution in [0, 0.1) is 0 Å². The van der Waals surface area contributed by atoms with Gasteiger partial charge in [-0.1, -0.05) is 36.2 Å². The quantitative estimate of drug-likeness (QED) is 0.873. The van der Waals surface area contributed by atoms with E-state index < -0.39 is 17.4 Å². The van der Waals surface area contributed by atoms with Crippen molar-refractivity contribution in [3.63, 3.8) is 0 Å². The highest BCUT2D eigenvalue weighted by Gasteiger charge is 2.34. The van der Waals surface area contributed by atoms with Gasteiger partial charge in [0.2, 0.25) is 5.91 Å². The van der Waals surface area contributed by atoms with E-state index in [2.05, 4.69) is 5.32 Å². The third-order valence-electron chi connectivity index (χ3n) is 3.42. The van der Waals surface area contributed by atoms with Gasteiger partial charge >= 0.3 is 5.97 Å². The van der Waals surface area contributed by atoms with Crippen LogP contribution in [0.2, 0.25) is 10.0 Å². The summed E-state index contributed by atoms with van der Waals surface area (Å²) in [7, 11) is 0. The standard InChI is InChI=1S/C14H17Cl2NO3/c1-4-14(3,13(19)20)17-12(18)8(2)9-5-6-10(15)11(16)7-9/h5-8H,4H2,1-3H3,(H,17,18)(H,19,20). The van der Waals surface area contributed by atoms with Crippen LogP contribution in [0.25, 0.3) is 0 Å². The second-order valence-corrected chi connectivity index (χ2v) is 5.69. The first-order valence-corrected chi connectivity index (χ1v) is 6.97. The number of carbonyl (C=O) groups excluding carboxylic acids is 1. The molecule has 0 saturated heterocycles. The Morgan fingerprint density at radius 3 is 2.40 bits per heavy atom. The maximum atomic E-state index is 12.2. The van der Waals surface area contributed by atoms with Crippen LogP contribution in [0.1, 0.15) is 38.7 Å². The van der Waals surface area contributed by atoms with Gasteiger partial charge < -0.3 is 10.4 Å². The summed E-state index contributed by atoms with van der Waals surface area (Å²) in [5.74, 6) is -1.94. The van der Waals surface area contributed by atoms with Crippen LogP contribution in [0.3, 0.4) is 0 Å². The molecule has 1 rings (SSSR count). The van der Waals surface area contributed by atoms with E-state index in [1.54, 1.807) is 32.0 Å². The molecule has 2 unspecified atom stereocenters. The number of amides is 1. The largest absolute Gasteiger partial charge is 0.480 e. The van der Waals surface area contributed by atoms with Gasteiger partial charge in [-0.25, -0.2) is 4.79 Å². The molecule has 2 atom stereocenters. The minimum Gasteiger partial charge on any atom is -0.480 e. The molecule has 0 aliphatic carbocycles. The number of halogens is 2. The van der Waals surface area contributed by atoms with Crippen molar-refractivity contribution < 1.29 is 14.7 Å². The summed E-state index contributed by atoms with van der Waals surface area (Å²) in [4.78, 5) is 23.4. The molecule has 0 radical (unpaired) electrons. The molecule has 1 amide bonds. The van der Waals surface area contributed by atoms with E-state index in [-0.39, 0.29) is 5.91 Å². The summed E-state index contributed by atoms with van der Waals surface area (Å²) >= 11 is 11.7. The lowest BCUT2D eigenvalue weighted by Gasteiger charge is -2.26. The average molecular weight is 318 g/mol. The Kier molecular flexibility index (Phi) is 5.42.